The van der Waals surface area contributed by atoms with E-state index in [1.54, 1.807) is 16.9 Å². The van der Waals surface area contributed by atoms with Crippen LogP contribution in [0.1, 0.15) is 21.7 Å². The van der Waals surface area contributed by atoms with Crippen LogP contribution in [0, 0.1) is 19.7 Å². The number of aromatic carboxylic acids is 1. The fourth-order valence-electron chi connectivity index (χ4n) is 2.69. The molecule has 0 aliphatic rings. The number of halogens is 1. The maximum absolute atomic E-state index is 14.3. The maximum atomic E-state index is 14.3. The molecule has 0 bridgehead atoms. The van der Waals surface area contributed by atoms with Crippen molar-refractivity contribution in [1.82, 2.24) is 24.0 Å². The highest BCUT2D eigenvalue weighted by molar-refractivity contribution is 5.86. The molecular formula is C16H12FN5O2. The number of carboxylic acid groups (broad SMARTS) is 1. The van der Waals surface area contributed by atoms with E-state index in [4.69, 9.17) is 5.11 Å². The van der Waals surface area contributed by atoms with Gasteiger partial charge in [0.25, 0.3) is 0 Å². The second-order valence-corrected chi connectivity index (χ2v) is 5.60. The van der Waals surface area contributed by atoms with Crippen LogP contribution >= 0.6 is 0 Å². The zero-order valence-corrected chi connectivity index (χ0v) is 12.9. The first-order valence-electron chi connectivity index (χ1n) is 7.18. The monoisotopic (exact) mass is 325 g/mol. The highest BCUT2D eigenvalue weighted by Crippen LogP contribution is 2.23. The maximum Gasteiger partial charge on any atom is 0.356 e. The SMILES string of the molecule is Cc1cn2nc(-c3cc(F)c4nc(C(=O)O)cn4c3)cc(C)c2n1. The molecule has 0 fully saturated rings. The van der Waals surface area contributed by atoms with Gasteiger partial charge in [0, 0.05) is 18.0 Å². The van der Waals surface area contributed by atoms with E-state index in [1.165, 1.54) is 16.7 Å². The van der Waals surface area contributed by atoms with Crippen molar-refractivity contribution in [3.8, 4) is 11.3 Å². The van der Waals surface area contributed by atoms with Gasteiger partial charge < -0.3 is 9.51 Å². The molecule has 7 nitrogen and oxygen atoms in total. The molecule has 0 atom stereocenters. The van der Waals surface area contributed by atoms with Gasteiger partial charge in [0.1, 0.15) is 0 Å². The summed E-state index contributed by atoms with van der Waals surface area (Å²) in [5.41, 5.74) is 3.32. The van der Waals surface area contributed by atoms with Gasteiger partial charge in [-0.1, -0.05) is 0 Å². The van der Waals surface area contributed by atoms with Gasteiger partial charge in [0.2, 0.25) is 0 Å². The summed E-state index contributed by atoms with van der Waals surface area (Å²) < 4.78 is 17.3. The minimum absolute atomic E-state index is 0.0348. The summed E-state index contributed by atoms with van der Waals surface area (Å²) in [6.45, 7) is 3.78. The van der Waals surface area contributed by atoms with Crippen LogP contribution in [-0.2, 0) is 0 Å². The fourth-order valence-corrected chi connectivity index (χ4v) is 2.69. The summed E-state index contributed by atoms with van der Waals surface area (Å²) in [6.07, 6.45) is 4.67. The molecule has 0 spiro atoms. The number of carbonyl (C=O) groups is 1. The molecule has 1 N–H and O–H groups in total. The highest BCUT2D eigenvalue weighted by atomic mass is 19.1. The number of aryl methyl sites for hydroxylation is 2. The Hall–Kier alpha value is -3.29. The molecule has 0 aliphatic heterocycles. The van der Waals surface area contributed by atoms with Crippen molar-refractivity contribution in [2.75, 3.05) is 0 Å². The van der Waals surface area contributed by atoms with Gasteiger partial charge >= 0.3 is 5.97 Å². The number of hydrogen-bond donors (Lipinski definition) is 1. The van der Waals surface area contributed by atoms with Gasteiger partial charge in [0.05, 0.1) is 17.6 Å². The molecule has 0 saturated heterocycles. The first-order chi connectivity index (χ1) is 11.4. The van der Waals surface area contributed by atoms with E-state index in [-0.39, 0.29) is 11.3 Å². The van der Waals surface area contributed by atoms with E-state index >= 15 is 0 Å². The summed E-state index contributed by atoms with van der Waals surface area (Å²) in [6, 6.07) is 3.11. The van der Waals surface area contributed by atoms with E-state index in [0.29, 0.717) is 11.3 Å². The predicted octanol–water partition coefficient (Wildman–Crippen LogP) is 2.50. The third kappa shape index (κ3) is 2.11. The van der Waals surface area contributed by atoms with E-state index in [0.717, 1.165) is 16.9 Å². The van der Waals surface area contributed by atoms with Crippen LogP contribution in [-0.4, -0.2) is 35.1 Å². The summed E-state index contributed by atoms with van der Waals surface area (Å²) >= 11 is 0. The Bertz CT molecular complexity index is 1130. The number of hydrogen-bond acceptors (Lipinski definition) is 4. The minimum Gasteiger partial charge on any atom is -0.476 e. The van der Waals surface area contributed by atoms with Crippen LogP contribution < -0.4 is 0 Å². The first kappa shape index (κ1) is 14.3. The van der Waals surface area contributed by atoms with Crippen LogP contribution in [0.5, 0.6) is 0 Å². The predicted molar refractivity (Wildman–Crippen MR) is 83.6 cm³/mol. The Morgan fingerprint density at radius 2 is 1.92 bits per heavy atom. The molecule has 0 aliphatic carbocycles. The summed E-state index contributed by atoms with van der Waals surface area (Å²) in [7, 11) is 0. The van der Waals surface area contributed by atoms with Crippen LogP contribution in [0.15, 0.2) is 30.7 Å². The van der Waals surface area contributed by atoms with Crippen molar-refractivity contribution < 1.29 is 14.3 Å². The number of rotatable bonds is 2. The van der Waals surface area contributed by atoms with Crippen LogP contribution in [0.25, 0.3) is 22.6 Å². The molecule has 0 unspecified atom stereocenters. The number of pyridine rings is 1. The smallest absolute Gasteiger partial charge is 0.356 e. The number of aromatic nitrogens is 5. The Kier molecular flexibility index (Phi) is 2.89. The summed E-state index contributed by atoms with van der Waals surface area (Å²) in [5.74, 6) is -1.81. The Morgan fingerprint density at radius 3 is 2.67 bits per heavy atom. The second-order valence-electron chi connectivity index (χ2n) is 5.60. The molecule has 0 aromatic carbocycles. The first-order valence-corrected chi connectivity index (χ1v) is 7.18. The molecule has 8 heteroatoms. The van der Waals surface area contributed by atoms with Crippen LogP contribution in [0.4, 0.5) is 4.39 Å². The van der Waals surface area contributed by atoms with Crippen molar-refractivity contribution in [1.29, 1.82) is 0 Å². The van der Waals surface area contributed by atoms with Crippen molar-refractivity contribution in [2.45, 2.75) is 13.8 Å². The molecule has 4 rings (SSSR count). The molecule has 4 aromatic heterocycles. The van der Waals surface area contributed by atoms with E-state index in [2.05, 4.69) is 15.1 Å². The number of nitrogens with zero attached hydrogens (tertiary/aromatic N) is 5. The van der Waals surface area contributed by atoms with Gasteiger partial charge in [0.15, 0.2) is 22.8 Å². The van der Waals surface area contributed by atoms with Crippen LogP contribution in [0.2, 0.25) is 0 Å². The molecule has 24 heavy (non-hydrogen) atoms. The van der Waals surface area contributed by atoms with Crippen molar-refractivity contribution in [3.05, 3.63) is 53.5 Å². The second kappa shape index (κ2) is 4.85. The zero-order chi connectivity index (χ0) is 17.0. The third-order valence-corrected chi connectivity index (χ3v) is 3.75. The zero-order valence-electron chi connectivity index (χ0n) is 12.9. The molecular weight excluding hydrogens is 313 g/mol. The lowest BCUT2D eigenvalue weighted by atomic mass is 10.1. The lowest BCUT2D eigenvalue weighted by molar-refractivity contribution is 0.0691. The minimum atomic E-state index is -1.20. The largest absolute Gasteiger partial charge is 0.476 e. The third-order valence-electron chi connectivity index (χ3n) is 3.75. The topological polar surface area (TPSA) is 84.8 Å². The molecule has 4 aromatic rings. The molecule has 0 amide bonds. The van der Waals surface area contributed by atoms with Gasteiger partial charge in [-0.3, -0.25) is 0 Å². The lowest BCUT2D eigenvalue weighted by Crippen LogP contribution is -1.98. The Labute approximate surface area is 135 Å². The molecule has 0 saturated carbocycles. The van der Waals surface area contributed by atoms with Crippen molar-refractivity contribution in [2.24, 2.45) is 0 Å². The highest BCUT2D eigenvalue weighted by Gasteiger charge is 2.15. The quantitative estimate of drug-likeness (QED) is 0.612. The number of fused-ring (bicyclic) bond motifs is 2. The molecule has 120 valence electrons. The summed E-state index contributed by atoms with van der Waals surface area (Å²) in [5, 5.41) is 13.5. The van der Waals surface area contributed by atoms with Crippen molar-refractivity contribution >= 4 is 17.3 Å². The average Bonchev–Trinajstić information content (AvgIpc) is 3.10. The van der Waals surface area contributed by atoms with E-state index < -0.39 is 11.8 Å². The van der Waals surface area contributed by atoms with Gasteiger partial charge in [-0.15, -0.1) is 0 Å². The molecule has 0 radical (unpaired) electrons. The van der Waals surface area contributed by atoms with Crippen molar-refractivity contribution in [3.63, 3.8) is 0 Å². The average molecular weight is 325 g/mol. The fraction of sp³-hybridized carbons (Fsp3) is 0.125. The lowest BCUT2D eigenvalue weighted by Gasteiger charge is -2.06. The number of carboxylic acids is 1. The van der Waals surface area contributed by atoms with E-state index in [1.807, 2.05) is 19.9 Å². The van der Waals surface area contributed by atoms with Crippen LogP contribution in [0.3, 0.4) is 0 Å². The summed E-state index contributed by atoms with van der Waals surface area (Å²) in [4.78, 5) is 19.2. The van der Waals surface area contributed by atoms with Gasteiger partial charge in [-0.2, -0.15) is 5.10 Å². The van der Waals surface area contributed by atoms with Gasteiger partial charge in [-0.05, 0) is 31.5 Å². The standard InChI is InChI=1S/C16H12FN5O2/c1-8-3-12(20-22-5-9(2)18-14(8)22)10-4-11(17)15-19-13(16(23)24)7-21(15)6-10/h3-7H,1-2H3,(H,23,24). The Balaban J connectivity index is 1.94. The van der Waals surface area contributed by atoms with E-state index in [9.17, 15) is 9.18 Å². The normalized spacial score (nSPS) is 11.5. The Morgan fingerprint density at radius 1 is 1.12 bits per heavy atom. The molecule has 4 heterocycles. The van der Waals surface area contributed by atoms with Gasteiger partial charge in [-0.25, -0.2) is 23.7 Å². The number of imidazole rings is 2.